The number of hydrogen-bond acceptors (Lipinski definition) is 4. The molecule has 0 aliphatic carbocycles. The van der Waals surface area contributed by atoms with Crippen LogP contribution in [0.4, 0.5) is 0 Å². The van der Waals surface area contributed by atoms with E-state index in [1.165, 1.54) is 20.9 Å². The Bertz CT molecular complexity index is 1230. The molecule has 0 saturated carbocycles. The maximum Gasteiger partial charge on any atom is 0.143 e. The second-order valence-electron chi connectivity index (χ2n) is 8.50. The van der Waals surface area contributed by atoms with Crippen LogP contribution in [0.1, 0.15) is 36.9 Å². The lowest BCUT2D eigenvalue weighted by atomic mass is 10.1. The van der Waals surface area contributed by atoms with Crippen LogP contribution in [0.25, 0.3) is 10.7 Å². The van der Waals surface area contributed by atoms with Crippen molar-refractivity contribution in [2.75, 3.05) is 0 Å². The van der Waals surface area contributed by atoms with Crippen LogP contribution < -0.4 is 15.9 Å². The molecule has 0 aliphatic heterocycles. The molecule has 34 heavy (non-hydrogen) atoms. The highest BCUT2D eigenvalue weighted by molar-refractivity contribution is 7.95. The summed E-state index contributed by atoms with van der Waals surface area (Å²) < 4.78 is 0. The summed E-state index contributed by atoms with van der Waals surface area (Å²) in [6.07, 6.45) is 2.00. The van der Waals surface area contributed by atoms with E-state index in [4.69, 9.17) is 9.97 Å². The molecule has 2 aromatic heterocycles. The van der Waals surface area contributed by atoms with E-state index in [9.17, 15) is 0 Å². The molecule has 5 rings (SSSR count). The highest BCUT2D eigenvalue weighted by Crippen LogP contribution is 2.58. The maximum absolute atomic E-state index is 5.13. The molecule has 3 aromatic carbocycles. The standard InChI is InChI=1S/C29H28N2PS2/c1-3-22(2)28-31-27(21-34-28)29-30-23(20-33-29)19-32(24-13-7-4-8-14-24,25-15-9-5-10-16-25)26-17-11-6-12-18-26/h4-18,20-22H,3,19H2,1-2H3/q+1/t22-/m0/s1. The van der Waals surface area contributed by atoms with E-state index in [1.807, 2.05) is 0 Å². The first-order chi connectivity index (χ1) is 16.7. The normalized spacial score (nSPS) is 12.5. The summed E-state index contributed by atoms with van der Waals surface area (Å²) in [6, 6.07) is 33.0. The van der Waals surface area contributed by atoms with Gasteiger partial charge in [0.15, 0.2) is 0 Å². The SMILES string of the molecule is CC[C@H](C)c1nc(-c2nc(C[P+](c3ccccc3)(c3ccccc3)c3ccccc3)cs2)cs1. The summed E-state index contributed by atoms with van der Waals surface area (Å²) in [6.45, 7) is 4.46. The Morgan fingerprint density at radius 2 is 1.24 bits per heavy atom. The number of aromatic nitrogens is 2. The summed E-state index contributed by atoms with van der Waals surface area (Å²) in [4.78, 5) is 10.0. The van der Waals surface area contributed by atoms with Gasteiger partial charge in [0.1, 0.15) is 40.0 Å². The summed E-state index contributed by atoms with van der Waals surface area (Å²) >= 11 is 3.46. The minimum absolute atomic E-state index is 0.492. The van der Waals surface area contributed by atoms with E-state index in [2.05, 4.69) is 116 Å². The molecule has 0 bridgehead atoms. The van der Waals surface area contributed by atoms with Crippen LogP contribution in [0, 0.1) is 0 Å². The van der Waals surface area contributed by atoms with E-state index < -0.39 is 7.26 Å². The molecule has 0 fully saturated rings. The Hall–Kier alpha value is -2.65. The van der Waals surface area contributed by atoms with Gasteiger partial charge >= 0.3 is 0 Å². The van der Waals surface area contributed by atoms with Crippen molar-refractivity contribution in [1.29, 1.82) is 0 Å². The molecule has 0 amide bonds. The molecule has 0 saturated heterocycles. The first-order valence-corrected chi connectivity index (χ1v) is 15.4. The van der Waals surface area contributed by atoms with Gasteiger partial charge in [-0.25, -0.2) is 9.97 Å². The van der Waals surface area contributed by atoms with Crippen molar-refractivity contribution in [2.45, 2.75) is 32.3 Å². The third-order valence-corrected chi connectivity index (χ3v) is 12.6. The van der Waals surface area contributed by atoms with E-state index in [0.29, 0.717) is 5.92 Å². The molecule has 1 atom stereocenters. The van der Waals surface area contributed by atoms with Crippen LogP contribution in [0.5, 0.6) is 0 Å². The fourth-order valence-corrected chi connectivity index (χ4v) is 10.4. The topological polar surface area (TPSA) is 25.8 Å². The largest absolute Gasteiger partial charge is 0.238 e. The molecule has 5 heteroatoms. The Morgan fingerprint density at radius 1 is 0.706 bits per heavy atom. The molecule has 0 N–H and O–H groups in total. The fraction of sp³-hybridized carbons (Fsp3) is 0.172. The van der Waals surface area contributed by atoms with Crippen LogP contribution >= 0.6 is 29.9 Å². The first-order valence-electron chi connectivity index (χ1n) is 11.7. The lowest BCUT2D eigenvalue weighted by molar-refractivity contribution is 0.727. The van der Waals surface area contributed by atoms with Crippen LogP contribution in [-0.4, -0.2) is 9.97 Å². The summed E-state index contributed by atoms with van der Waals surface area (Å²) in [7, 11) is -1.94. The second-order valence-corrected chi connectivity index (χ2v) is 13.7. The summed E-state index contributed by atoms with van der Waals surface area (Å²) in [5.41, 5.74) is 2.16. The predicted octanol–water partition coefficient (Wildman–Crippen LogP) is 7.27. The number of rotatable bonds is 8. The van der Waals surface area contributed by atoms with E-state index >= 15 is 0 Å². The molecule has 2 nitrogen and oxygen atoms in total. The van der Waals surface area contributed by atoms with E-state index in [0.717, 1.165) is 29.0 Å². The Morgan fingerprint density at radius 3 is 1.74 bits per heavy atom. The van der Waals surface area contributed by atoms with Gasteiger partial charge in [-0.15, -0.1) is 22.7 Å². The molecule has 0 spiro atoms. The molecular weight excluding hydrogens is 471 g/mol. The molecular formula is C29H28N2PS2+. The predicted molar refractivity (Wildman–Crippen MR) is 151 cm³/mol. The number of nitrogens with zero attached hydrogens (tertiary/aromatic N) is 2. The summed E-state index contributed by atoms with van der Waals surface area (Å²) in [5.74, 6) is 0.492. The van der Waals surface area contributed by atoms with Crippen LogP contribution in [0.2, 0.25) is 0 Å². The summed E-state index contributed by atoms with van der Waals surface area (Å²) in [5, 5.41) is 10.8. The zero-order valence-electron chi connectivity index (χ0n) is 19.5. The second kappa shape index (κ2) is 10.3. The minimum Gasteiger partial charge on any atom is -0.238 e. The van der Waals surface area contributed by atoms with Gasteiger partial charge in [-0.1, -0.05) is 68.4 Å². The smallest absolute Gasteiger partial charge is 0.143 e. The molecule has 170 valence electrons. The van der Waals surface area contributed by atoms with Gasteiger partial charge < -0.3 is 0 Å². The van der Waals surface area contributed by atoms with Gasteiger partial charge in [0, 0.05) is 16.7 Å². The van der Waals surface area contributed by atoms with Crippen molar-refractivity contribution in [3.05, 3.63) is 112 Å². The van der Waals surface area contributed by atoms with Crippen LogP contribution in [0.15, 0.2) is 102 Å². The van der Waals surface area contributed by atoms with E-state index in [-0.39, 0.29) is 0 Å². The van der Waals surface area contributed by atoms with Crippen molar-refractivity contribution in [3.8, 4) is 10.7 Å². The zero-order chi connectivity index (χ0) is 23.4. The molecule has 0 unspecified atom stereocenters. The van der Waals surface area contributed by atoms with Crippen molar-refractivity contribution < 1.29 is 0 Å². The lowest BCUT2D eigenvalue weighted by Crippen LogP contribution is -2.32. The Labute approximate surface area is 210 Å². The van der Waals surface area contributed by atoms with Crippen LogP contribution in [0.3, 0.4) is 0 Å². The number of benzene rings is 3. The highest BCUT2D eigenvalue weighted by Gasteiger charge is 2.46. The zero-order valence-corrected chi connectivity index (χ0v) is 22.0. The number of thiazole rings is 2. The average molecular weight is 500 g/mol. The van der Waals surface area contributed by atoms with Crippen LogP contribution in [-0.2, 0) is 6.16 Å². The third-order valence-electron chi connectivity index (χ3n) is 6.32. The monoisotopic (exact) mass is 499 g/mol. The van der Waals surface area contributed by atoms with Gasteiger partial charge in [-0.3, -0.25) is 0 Å². The first kappa shape index (κ1) is 23.1. The molecule has 5 aromatic rings. The Balaban J connectivity index is 1.61. The minimum atomic E-state index is -1.94. The van der Waals surface area contributed by atoms with Crippen molar-refractivity contribution in [2.24, 2.45) is 0 Å². The molecule has 2 heterocycles. The maximum atomic E-state index is 5.13. The van der Waals surface area contributed by atoms with E-state index in [1.54, 1.807) is 22.7 Å². The molecule has 0 radical (unpaired) electrons. The van der Waals surface area contributed by atoms with Crippen molar-refractivity contribution in [3.63, 3.8) is 0 Å². The van der Waals surface area contributed by atoms with Gasteiger partial charge in [-0.2, -0.15) is 0 Å². The van der Waals surface area contributed by atoms with Gasteiger partial charge in [0.25, 0.3) is 0 Å². The highest BCUT2D eigenvalue weighted by atomic mass is 32.1. The third kappa shape index (κ3) is 4.51. The van der Waals surface area contributed by atoms with Gasteiger partial charge in [0.2, 0.25) is 0 Å². The average Bonchev–Trinajstić information content (AvgIpc) is 3.58. The number of hydrogen-bond donors (Lipinski definition) is 0. The fourth-order valence-electron chi connectivity index (χ4n) is 4.30. The van der Waals surface area contributed by atoms with Crippen molar-refractivity contribution in [1.82, 2.24) is 9.97 Å². The van der Waals surface area contributed by atoms with Gasteiger partial charge in [-0.05, 0) is 42.8 Å². The Kier molecular flexibility index (Phi) is 7.01. The van der Waals surface area contributed by atoms with Gasteiger partial charge in [0.05, 0.1) is 10.7 Å². The molecule has 0 aliphatic rings. The lowest BCUT2D eigenvalue weighted by Gasteiger charge is -2.27. The van der Waals surface area contributed by atoms with Crippen molar-refractivity contribution >= 4 is 45.8 Å². The quantitative estimate of drug-likeness (QED) is 0.210.